The molecule has 0 bridgehead atoms. The minimum Gasteiger partial charge on any atom is -0.495 e. The van der Waals surface area contributed by atoms with Gasteiger partial charge in [0.05, 0.1) is 26.5 Å². The lowest BCUT2D eigenvalue weighted by Gasteiger charge is -2.20. The van der Waals surface area contributed by atoms with Crippen molar-refractivity contribution in [3.8, 4) is 5.75 Å². The molecule has 0 unspecified atom stereocenters. The lowest BCUT2D eigenvalue weighted by molar-refractivity contribution is 0.0599. The summed E-state index contributed by atoms with van der Waals surface area (Å²) in [5, 5.41) is 0. The molecule has 112 valence electrons. The Kier molecular flexibility index (Phi) is 4.52. The monoisotopic (exact) mass is 289 g/mol. The normalized spacial score (nSPS) is 10.3. The van der Waals surface area contributed by atoms with Crippen molar-refractivity contribution in [2.75, 3.05) is 26.2 Å². The number of carbonyl (C=O) groups excluding carboxylic acids is 1. The molecule has 0 fully saturated rings. The Balaban J connectivity index is 2.20. The third-order valence-corrected chi connectivity index (χ3v) is 3.26. The summed E-state index contributed by atoms with van der Waals surface area (Å²) < 4.78 is 15.7. The second-order valence-electron chi connectivity index (χ2n) is 4.70. The first kappa shape index (κ1) is 15.0. The highest BCUT2D eigenvalue weighted by atomic mass is 16.5. The fraction of sp³-hybridized carbons (Fsp3) is 0.312. The summed E-state index contributed by atoms with van der Waals surface area (Å²) in [6.45, 7) is 2.27. The summed E-state index contributed by atoms with van der Waals surface area (Å²) in [6, 6.07) is 9.45. The summed E-state index contributed by atoms with van der Waals surface area (Å²) in [7, 11) is 4.93. The number of para-hydroxylation sites is 2. The van der Waals surface area contributed by atoms with E-state index in [0.29, 0.717) is 23.6 Å². The Morgan fingerprint density at radius 1 is 1.29 bits per heavy atom. The van der Waals surface area contributed by atoms with Crippen molar-refractivity contribution in [1.29, 1.82) is 0 Å². The van der Waals surface area contributed by atoms with Gasteiger partial charge in [-0.3, -0.25) is 0 Å². The number of benzene rings is 1. The first-order chi connectivity index (χ1) is 10.1. The Hall–Kier alpha value is -2.43. The van der Waals surface area contributed by atoms with Crippen LogP contribution >= 0.6 is 0 Å². The van der Waals surface area contributed by atoms with Crippen molar-refractivity contribution in [3.63, 3.8) is 0 Å². The summed E-state index contributed by atoms with van der Waals surface area (Å²) >= 11 is 0. The van der Waals surface area contributed by atoms with E-state index < -0.39 is 0 Å². The number of methoxy groups -OCH3 is 2. The van der Waals surface area contributed by atoms with Crippen LogP contribution in [0.2, 0.25) is 0 Å². The molecule has 0 amide bonds. The smallest absolute Gasteiger partial charge is 0.341 e. The Morgan fingerprint density at radius 3 is 2.67 bits per heavy atom. The van der Waals surface area contributed by atoms with E-state index in [-0.39, 0.29) is 5.97 Å². The van der Waals surface area contributed by atoms with Gasteiger partial charge in [-0.25, -0.2) is 4.79 Å². The van der Waals surface area contributed by atoms with E-state index in [2.05, 4.69) is 0 Å². The lowest BCUT2D eigenvalue weighted by Crippen LogP contribution is -2.16. The maximum absolute atomic E-state index is 11.6. The van der Waals surface area contributed by atoms with Crippen LogP contribution in [0.3, 0.4) is 0 Å². The van der Waals surface area contributed by atoms with Crippen LogP contribution in [0.5, 0.6) is 5.75 Å². The van der Waals surface area contributed by atoms with Crippen LogP contribution in [0.15, 0.2) is 34.7 Å². The molecule has 0 aliphatic carbocycles. The van der Waals surface area contributed by atoms with Gasteiger partial charge >= 0.3 is 5.97 Å². The van der Waals surface area contributed by atoms with Gasteiger partial charge in [0, 0.05) is 7.05 Å². The largest absolute Gasteiger partial charge is 0.495 e. The zero-order valence-electron chi connectivity index (χ0n) is 12.7. The van der Waals surface area contributed by atoms with E-state index in [0.717, 1.165) is 11.4 Å². The quantitative estimate of drug-likeness (QED) is 0.792. The number of hydrogen-bond acceptors (Lipinski definition) is 5. The third kappa shape index (κ3) is 3.18. The molecule has 1 aromatic carbocycles. The predicted octanol–water partition coefficient (Wildman–Crippen LogP) is 3.02. The molecule has 5 heteroatoms. The van der Waals surface area contributed by atoms with E-state index in [1.165, 1.54) is 7.11 Å². The van der Waals surface area contributed by atoms with Crippen LogP contribution in [0.4, 0.5) is 5.69 Å². The van der Waals surface area contributed by atoms with Gasteiger partial charge in [0.1, 0.15) is 22.8 Å². The number of esters is 1. The van der Waals surface area contributed by atoms with Crippen LogP contribution in [0, 0.1) is 6.92 Å². The molecule has 0 radical (unpaired) electrons. The first-order valence-corrected chi connectivity index (χ1v) is 6.58. The van der Waals surface area contributed by atoms with Crippen molar-refractivity contribution in [1.82, 2.24) is 0 Å². The number of aryl methyl sites for hydroxylation is 1. The van der Waals surface area contributed by atoms with E-state index in [4.69, 9.17) is 13.9 Å². The first-order valence-electron chi connectivity index (χ1n) is 6.58. The van der Waals surface area contributed by atoms with Crippen LogP contribution < -0.4 is 9.64 Å². The number of rotatable bonds is 5. The van der Waals surface area contributed by atoms with Gasteiger partial charge in [0.25, 0.3) is 0 Å². The van der Waals surface area contributed by atoms with Gasteiger partial charge < -0.3 is 18.8 Å². The minimum atomic E-state index is -0.387. The number of anilines is 1. The fourth-order valence-corrected chi connectivity index (χ4v) is 2.20. The molecule has 0 aliphatic rings. The summed E-state index contributed by atoms with van der Waals surface area (Å²) in [5.74, 6) is 1.66. The number of ether oxygens (including phenoxy) is 2. The summed E-state index contributed by atoms with van der Waals surface area (Å²) in [5.41, 5.74) is 1.41. The molecule has 1 heterocycles. The topological polar surface area (TPSA) is 51.9 Å². The Labute approximate surface area is 124 Å². The maximum Gasteiger partial charge on any atom is 0.341 e. The molecule has 21 heavy (non-hydrogen) atoms. The summed E-state index contributed by atoms with van der Waals surface area (Å²) in [4.78, 5) is 13.6. The van der Waals surface area contributed by atoms with E-state index in [1.54, 1.807) is 20.1 Å². The molecule has 0 saturated carbocycles. The average molecular weight is 289 g/mol. The van der Waals surface area contributed by atoms with E-state index in [1.807, 2.05) is 36.2 Å². The highest BCUT2D eigenvalue weighted by Crippen LogP contribution is 2.28. The average Bonchev–Trinajstić information content (AvgIpc) is 2.86. The third-order valence-electron chi connectivity index (χ3n) is 3.26. The van der Waals surface area contributed by atoms with Crippen LogP contribution in [0.25, 0.3) is 0 Å². The molecular formula is C16H19NO4. The number of nitrogens with zero attached hydrogens (tertiary/aromatic N) is 1. The highest BCUT2D eigenvalue weighted by molar-refractivity contribution is 5.90. The predicted molar refractivity (Wildman–Crippen MR) is 79.9 cm³/mol. The Bertz CT molecular complexity index is 633. The van der Waals surface area contributed by atoms with Gasteiger partial charge in [-0.1, -0.05) is 12.1 Å². The van der Waals surface area contributed by atoms with Gasteiger partial charge in [-0.15, -0.1) is 0 Å². The maximum atomic E-state index is 11.6. The fourth-order valence-electron chi connectivity index (χ4n) is 2.20. The molecule has 1 aromatic heterocycles. The molecule has 0 aliphatic heterocycles. The number of furan rings is 1. The van der Waals surface area contributed by atoms with Crippen LogP contribution in [-0.2, 0) is 11.3 Å². The molecule has 2 aromatic rings. The van der Waals surface area contributed by atoms with Crippen molar-refractivity contribution in [2.45, 2.75) is 13.5 Å². The zero-order valence-corrected chi connectivity index (χ0v) is 12.7. The van der Waals surface area contributed by atoms with Crippen molar-refractivity contribution < 1.29 is 18.7 Å². The number of carbonyl (C=O) groups is 1. The second-order valence-corrected chi connectivity index (χ2v) is 4.70. The van der Waals surface area contributed by atoms with E-state index >= 15 is 0 Å². The van der Waals surface area contributed by atoms with Crippen molar-refractivity contribution in [3.05, 3.63) is 47.4 Å². The summed E-state index contributed by atoms with van der Waals surface area (Å²) in [6.07, 6.45) is 0. The Morgan fingerprint density at radius 2 is 2.00 bits per heavy atom. The molecule has 0 saturated heterocycles. The second kappa shape index (κ2) is 6.35. The van der Waals surface area contributed by atoms with Crippen molar-refractivity contribution in [2.24, 2.45) is 0 Å². The van der Waals surface area contributed by atoms with Gasteiger partial charge in [-0.05, 0) is 25.1 Å². The van der Waals surface area contributed by atoms with Gasteiger partial charge in [-0.2, -0.15) is 0 Å². The SMILES string of the molecule is COC(=O)c1cc(CN(C)c2ccccc2OC)oc1C. The lowest BCUT2D eigenvalue weighted by atomic mass is 10.2. The standard InChI is InChI=1S/C16H19NO4/c1-11-13(16(18)20-4)9-12(21-11)10-17(2)14-7-5-6-8-15(14)19-3/h5-9H,10H2,1-4H3. The highest BCUT2D eigenvalue weighted by Gasteiger charge is 2.17. The molecule has 0 spiro atoms. The minimum absolute atomic E-state index is 0.387. The molecule has 0 atom stereocenters. The molecular weight excluding hydrogens is 270 g/mol. The van der Waals surface area contributed by atoms with Crippen LogP contribution in [-0.4, -0.2) is 27.2 Å². The van der Waals surface area contributed by atoms with Gasteiger partial charge in [0.15, 0.2) is 0 Å². The van der Waals surface area contributed by atoms with Gasteiger partial charge in [0.2, 0.25) is 0 Å². The molecule has 5 nitrogen and oxygen atoms in total. The van der Waals surface area contributed by atoms with Crippen molar-refractivity contribution >= 4 is 11.7 Å². The van der Waals surface area contributed by atoms with Crippen LogP contribution in [0.1, 0.15) is 21.9 Å². The van der Waals surface area contributed by atoms with E-state index in [9.17, 15) is 4.79 Å². The number of hydrogen-bond donors (Lipinski definition) is 0. The molecule has 2 rings (SSSR count). The molecule has 0 N–H and O–H groups in total. The zero-order chi connectivity index (χ0) is 15.4.